The normalized spacial score (nSPS) is 11.3. The van der Waals surface area contributed by atoms with E-state index in [1.165, 1.54) is 12.1 Å². The molecular weight excluding hydrogens is 393 g/mol. The molecule has 0 saturated heterocycles. The van der Waals surface area contributed by atoms with E-state index in [4.69, 9.17) is 0 Å². The summed E-state index contributed by atoms with van der Waals surface area (Å²) in [6.07, 6.45) is 0. The Morgan fingerprint density at radius 2 is 1.45 bits per heavy atom. The molecule has 2 N–H and O–H groups in total. The van der Waals surface area contributed by atoms with Crippen molar-refractivity contribution in [3.8, 4) is 0 Å². The number of carbonyl (C=O) groups is 2. The fraction of sp³-hybridized carbons (Fsp3) is 0.440. The molecule has 0 unspecified atom stereocenters. The summed E-state index contributed by atoms with van der Waals surface area (Å²) in [6, 6.07) is 12.1. The van der Waals surface area contributed by atoms with Gasteiger partial charge in [0.15, 0.2) is 0 Å². The fourth-order valence-corrected chi connectivity index (χ4v) is 3.42. The molecule has 0 bridgehead atoms. The van der Waals surface area contributed by atoms with Crippen LogP contribution in [0.5, 0.6) is 0 Å². The highest BCUT2D eigenvalue weighted by Crippen LogP contribution is 2.32. The molecule has 6 heteroatoms. The van der Waals surface area contributed by atoms with Crippen molar-refractivity contribution < 1.29 is 14.0 Å². The van der Waals surface area contributed by atoms with Crippen LogP contribution in [0.3, 0.4) is 0 Å². The number of hydrogen-bond acceptors (Lipinski definition) is 3. The maximum absolute atomic E-state index is 13.0. The van der Waals surface area contributed by atoms with Crippen molar-refractivity contribution in [2.24, 2.45) is 0 Å². The number of benzene rings is 2. The fourth-order valence-electron chi connectivity index (χ4n) is 3.42. The standard InChI is InChI=1S/C25H34FN3O2/c1-6-29(15-23(30)27-14-19-10-12-20(26)13-11-19)16-24(31)28-25-21(17(2)3)8-7-9-22(25)18(4)5/h7-13,17-18H,6,14-16H2,1-5H3,(H,27,30)(H,28,31). The maximum Gasteiger partial charge on any atom is 0.238 e. The van der Waals surface area contributed by atoms with E-state index in [1.807, 2.05) is 25.1 Å². The van der Waals surface area contributed by atoms with Crippen molar-refractivity contribution >= 4 is 17.5 Å². The van der Waals surface area contributed by atoms with E-state index in [-0.39, 0.29) is 42.6 Å². The molecule has 0 aromatic heterocycles. The van der Waals surface area contributed by atoms with E-state index in [1.54, 1.807) is 17.0 Å². The summed E-state index contributed by atoms with van der Waals surface area (Å²) in [6.45, 7) is 11.5. The van der Waals surface area contributed by atoms with Crippen LogP contribution in [0.4, 0.5) is 10.1 Å². The van der Waals surface area contributed by atoms with Crippen molar-refractivity contribution in [1.29, 1.82) is 0 Å². The Balaban J connectivity index is 1.97. The second-order valence-electron chi connectivity index (χ2n) is 8.38. The van der Waals surface area contributed by atoms with Crippen LogP contribution in [0.15, 0.2) is 42.5 Å². The number of hydrogen-bond donors (Lipinski definition) is 2. The first-order chi connectivity index (χ1) is 14.7. The van der Waals surface area contributed by atoms with Gasteiger partial charge in [-0.1, -0.05) is 65.0 Å². The van der Waals surface area contributed by atoms with Gasteiger partial charge >= 0.3 is 0 Å². The number of carbonyl (C=O) groups excluding carboxylic acids is 2. The SMILES string of the molecule is CCN(CC(=O)NCc1ccc(F)cc1)CC(=O)Nc1c(C(C)C)cccc1C(C)C. The molecule has 0 atom stereocenters. The maximum atomic E-state index is 13.0. The quantitative estimate of drug-likeness (QED) is 0.580. The molecule has 0 aliphatic heterocycles. The van der Waals surface area contributed by atoms with Gasteiger partial charge in [-0.2, -0.15) is 0 Å². The van der Waals surface area contributed by atoms with Gasteiger partial charge in [-0.3, -0.25) is 14.5 Å². The number of nitrogens with zero attached hydrogens (tertiary/aromatic N) is 1. The van der Waals surface area contributed by atoms with E-state index < -0.39 is 0 Å². The van der Waals surface area contributed by atoms with Crippen molar-refractivity contribution in [2.45, 2.75) is 53.0 Å². The minimum Gasteiger partial charge on any atom is -0.351 e. The number of amides is 2. The lowest BCUT2D eigenvalue weighted by Gasteiger charge is -2.23. The molecule has 0 heterocycles. The van der Waals surface area contributed by atoms with Crippen LogP contribution < -0.4 is 10.6 Å². The zero-order chi connectivity index (χ0) is 23.0. The molecule has 0 spiro atoms. The van der Waals surface area contributed by atoms with Crippen molar-refractivity contribution in [3.63, 3.8) is 0 Å². The average Bonchev–Trinajstić information content (AvgIpc) is 2.72. The Labute approximate surface area is 185 Å². The summed E-state index contributed by atoms with van der Waals surface area (Å²) in [7, 11) is 0. The van der Waals surface area contributed by atoms with Crippen LogP contribution in [-0.4, -0.2) is 36.3 Å². The number of nitrogens with one attached hydrogen (secondary N) is 2. The van der Waals surface area contributed by atoms with E-state index >= 15 is 0 Å². The molecule has 2 rings (SSSR count). The van der Waals surface area contributed by atoms with Crippen molar-refractivity contribution in [1.82, 2.24) is 10.2 Å². The van der Waals surface area contributed by atoms with Gasteiger partial charge in [0.05, 0.1) is 13.1 Å². The predicted octanol–water partition coefficient (Wildman–Crippen LogP) is 4.65. The van der Waals surface area contributed by atoms with E-state index in [0.717, 1.165) is 22.4 Å². The average molecular weight is 428 g/mol. The first-order valence-electron chi connectivity index (χ1n) is 10.9. The Kier molecular flexibility index (Phi) is 9.19. The van der Waals surface area contributed by atoms with E-state index in [2.05, 4.69) is 38.3 Å². The molecule has 31 heavy (non-hydrogen) atoms. The Bertz CT molecular complexity index is 853. The number of likely N-dealkylation sites (N-methyl/N-ethyl adjacent to an activating group) is 1. The highest BCUT2D eigenvalue weighted by atomic mass is 19.1. The number of anilines is 1. The highest BCUT2D eigenvalue weighted by Gasteiger charge is 2.18. The molecule has 168 valence electrons. The van der Waals surface area contributed by atoms with E-state index in [0.29, 0.717) is 13.1 Å². The molecule has 0 radical (unpaired) electrons. The first kappa shape index (κ1) is 24.5. The molecule has 2 aromatic rings. The molecule has 0 aliphatic rings. The van der Waals surface area contributed by atoms with Gasteiger partial charge in [-0.05, 0) is 47.2 Å². The van der Waals surface area contributed by atoms with Gasteiger partial charge in [0.1, 0.15) is 5.82 Å². The van der Waals surface area contributed by atoms with Gasteiger partial charge in [0, 0.05) is 12.2 Å². The molecule has 0 saturated carbocycles. The van der Waals surface area contributed by atoms with Crippen LogP contribution in [0.25, 0.3) is 0 Å². The Morgan fingerprint density at radius 1 is 0.903 bits per heavy atom. The van der Waals surface area contributed by atoms with Crippen LogP contribution in [0.1, 0.15) is 63.1 Å². The lowest BCUT2D eigenvalue weighted by molar-refractivity contribution is -0.123. The zero-order valence-corrected chi connectivity index (χ0v) is 19.2. The summed E-state index contributed by atoms with van der Waals surface area (Å²) >= 11 is 0. The van der Waals surface area contributed by atoms with Gasteiger partial charge in [-0.15, -0.1) is 0 Å². The van der Waals surface area contributed by atoms with Crippen LogP contribution in [0, 0.1) is 5.82 Å². The molecule has 0 aliphatic carbocycles. The van der Waals surface area contributed by atoms with Gasteiger partial charge in [0.2, 0.25) is 11.8 Å². The summed E-state index contributed by atoms with van der Waals surface area (Å²) in [5.74, 6) is -0.0486. The van der Waals surface area contributed by atoms with Gasteiger partial charge in [0.25, 0.3) is 0 Å². The number of halogens is 1. The third kappa shape index (κ3) is 7.47. The predicted molar refractivity (Wildman–Crippen MR) is 124 cm³/mol. The third-order valence-corrected chi connectivity index (χ3v) is 5.22. The second kappa shape index (κ2) is 11.6. The molecule has 2 amide bonds. The van der Waals surface area contributed by atoms with Crippen LogP contribution >= 0.6 is 0 Å². The number of para-hydroxylation sites is 1. The summed E-state index contributed by atoms with van der Waals surface area (Å²) < 4.78 is 13.0. The van der Waals surface area contributed by atoms with Crippen LogP contribution in [0.2, 0.25) is 0 Å². The van der Waals surface area contributed by atoms with E-state index in [9.17, 15) is 14.0 Å². The third-order valence-electron chi connectivity index (χ3n) is 5.22. The van der Waals surface area contributed by atoms with Crippen LogP contribution in [-0.2, 0) is 16.1 Å². The molecule has 0 fully saturated rings. The van der Waals surface area contributed by atoms with Crippen molar-refractivity contribution in [2.75, 3.05) is 25.0 Å². The molecule has 5 nitrogen and oxygen atoms in total. The highest BCUT2D eigenvalue weighted by molar-refractivity contribution is 5.94. The zero-order valence-electron chi connectivity index (χ0n) is 19.2. The topological polar surface area (TPSA) is 61.4 Å². The summed E-state index contributed by atoms with van der Waals surface area (Å²) in [4.78, 5) is 26.9. The van der Waals surface area contributed by atoms with Gasteiger partial charge < -0.3 is 10.6 Å². The minimum absolute atomic E-state index is 0.119. The second-order valence-corrected chi connectivity index (χ2v) is 8.38. The largest absolute Gasteiger partial charge is 0.351 e. The van der Waals surface area contributed by atoms with Gasteiger partial charge in [-0.25, -0.2) is 4.39 Å². The lowest BCUT2D eigenvalue weighted by atomic mass is 9.92. The Morgan fingerprint density at radius 3 is 1.97 bits per heavy atom. The van der Waals surface area contributed by atoms with Crippen molar-refractivity contribution in [3.05, 3.63) is 65.0 Å². The minimum atomic E-state index is -0.307. The summed E-state index contributed by atoms with van der Waals surface area (Å²) in [5, 5.41) is 5.91. The molecule has 2 aromatic carbocycles. The molecular formula is C25H34FN3O2. The smallest absolute Gasteiger partial charge is 0.238 e. The Hall–Kier alpha value is -2.73. The number of rotatable bonds is 10. The monoisotopic (exact) mass is 427 g/mol. The summed E-state index contributed by atoms with van der Waals surface area (Å²) in [5.41, 5.74) is 3.93. The first-order valence-corrected chi connectivity index (χ1v) is 10.9. The lowest BCUT2D eigenvalue weighted by Crippen LogP contribution is -2.41.